The standard InChI is InChI=1S/C10H10BrO2/c1-2-13-10-4-3-8(5-6-12)7-9(10)11/h3-4,7H,2,5H2,1H3. The molecule has 13 heavy (non-hydrogen) atoms. The van der Waals surface area contributed by atoms with Crippen molar-refractivity contribution < 1.29 is 9.53 Å². The first kappa shape index (κ1) is 10.3. The maximum atomic E-state index is 10.1. The van der Waals surface area contributed by atoms with Crippen LogP contribution in [0.25, 0.3) is 0 Å². The van der Waals surface area contributed by atoms with Crippen LogP contribution in [0.4, 0.5) is 0 Å². The van der Waals surface area contributed by atoms with Crippen molar-refractivity contribution in [3.05, 3.63) is 28.2 Å². The van der Waals surface area contributed by atoms with Gasteiger partial charge >= 0.3 is 0 Å². The lowest BCUT2D eigenvalue weighted by Crippen LogP contribution is -1.93. The number of carbonyl (C=O) groups excluding carboxylic acids is 1. The van der Waals surface area contributed by atoms with Gasteiger partial charge in [-0.15, -0.1) is 0 Å². The van der Waals surface area contributed by atoms with Crippen LogP contribution < -0.4 is 4.74 Å². The molecule has 1 aromatic carbocycles. The Morgan fingerprint density at radius 1 is 1.54 bits per heavy atom. The van der Waals surface area contributed by atoms with Crippen LogP contribution in [0.2, 0.25) is 0 Å². The van der Waals surface area contributed by atoms with Gasteiger partial charge in [0, 0.05) is 6.42 Å². The summed E-state index contributed by atoms with van der Waals surface area (Å²) in [6, 6.07) is 5.58. The van der Waals surface area contributed by atoms with Gasteiger partial charge < -0.3 is 4.74 Å². The fraction of sp³-hybridized carbons (Fsp3) is 0.300. The van der Waals surface area contributed by atoms with Gasteiger partial charge in [-0.25, -0.2) is 0 Å². The van der Waals surface area contributed by atoms with Crippen molar-refractivity contribution in [2.75, 3.05) is 6.61 Å². The Balaban J connectivity index is 2.84. The third-order valence-electron chi connectivity index (χ3n) is 1.57. The highest BCUT2D eigenvalue weighted by Gasteiger charge is 2.01. The SMILES string of the molecule is CCOc1ccc(C[C]=O)cc1Br. The van der Waals surface area contributed by atoms with Gasteiger partial charge in [0.1, 0.15) is 5.75 Å². The normalized spacial score (nSPS) is 9.69. The molecule has 69 valence electrons. The van der Waals surface area contributed by atoms with Gasteiger partial charge in [0.15, 0.2) is 0 Å². The minimum absolute atomic E-state index is 0.324. The molecule has 1 aromatic rings. The van der Waals surface area contributed by atoms with Crippen LogP contribution in [0.3, 0.4) is 0 Å². The van der Waals surface area contributed by atoms with E-state index in [0.29, 0.717) is 13.0 Å². The van der Waals surface area contributed by atoms with Gasteiger partial charge in [0.25, 0.3) is 0 Å². The van der Waals surface area contributed by atoms with E-state index in [0.717, 1.165) is 15.8 Å². The van der Waals surface area contributed by atoms with Gasteiger partial charge in [0.2, 0.25) is 6.29 Å². The van der Waals surface area contributed by atoms with E-state index in [1.165, 1.54) is 0 Å². The Bertz CT molecular complexity index is 297. The minimum atomic E-state index is 0.324. The molecule has 0 aliphatic heterocycles. The molecule has 0 spiro atoms. The van der Waals surface area contributed by atoms with Crippen molar-refractivity contribution in [3.8, 4) is 5.75 Å². The third kappa shape index (κ3) is 2.84. The first-order valence-corrected chi connectivity index (χ1v) is 4.83. The molecule has 0 N–H and O–H groups in total. The molecule has 0 fully saturated rings. The van der Waals surface area contributed by atoms with E-state index in [-0.39, 0.29) is 0 Å². The molecule has 0 aliphatic carbocycles. The van der Waals surface area contributed by atoms with Crippen LogP contribution in [0.15, 0.2) is 22.7 Å². The maximum absolute atomic E-state index is 10.1. The smallest absolute Gasteiger partial charge is 0.203 e. The second kappa shape index (κ2) is 5.02. The molecule has 0 saturated carbocycles. The topological polar surface area (TPSA) is 26.3 Å². The second-order valence-electron chi connectivity index (χ2n) is 2.52. The lowest BCUT2D eigenvalue weighted by molar-refractivity contribution is 0.338. The fourth-order valence-electron chi connectivity index (χ4n) is 1.01. The Morgan fingerprint density at radius 2 is 2.31 bits per heavy atom. The lowest BCUT2D eigenvalue weighted by Gasteiger charge is -2.06. The summed E-state index contributed by atoms with van der Waals surface area (Å²) in [5.74, 6) is 0.803. The maximum Gasteiger partial charge on any atom is 0.203 e. The van der Waals surface area contributed by atoms with E-state index < -0.39 is 0 Å². The zero-order chi connectivity index (χ0) is 9.68. The number of hydrogen-bond acceptors (Lipinski definition) is 2. The van der Waals surface area contributed by atoms with Crippen molar-refractivity contribution in [1.29, 1.82) is 0 Å². The van der Waals surface area contributed by atoms with Crippen LogP contribution in [0, 0.1) is 0 Å². The van der Waals surface area contributed by atoms with Gasteiger partial charge in [0.05, 0.1) is 11.1 Å². The van der Waals surface area contributed by atoms with Gasteiger partial charge in [-0.1, -0.05) is 6.07 Å². The molecule has 0 amide bonds. The van der Waals surface area contributed by atoms with Crippen LogP contribution in [0.5, 0.6) is 5.75 Å². The van der Waals surface area contributed by atoms with Crippen molar-refractivity contribution in [2.24, 2.45) is 0 Å². The van der Waals surface area contributed by atoms with Gasteiger partial charge in [-0.05, 0) is 40.5 Å². The quantitative estimate of drug-likeness (QED) is 0.810. The number of halogens is 1. The summed E-state index contributed by atoms with van der Waals surface area (Å²) >= 11 is 3.36. The van der Waals surface area contributed by atoms with Crippen molar-refractivity contribution in [2.45, 2.75) is 13.3 Å². The number of ether oxygens (including phenoxy) is 1. The van der Waals surface area contributed by atoms with Crippen LogP contribution >= 0.6 is 15.9 Å². The van der Waals surface area contributed by atoms with Gasteiger partial charge in [-0.3, -0.25) is 4.79 Å². The van der Waals surface area contributed by atoms with E-state index in [2.05, 4.69) is 15.9 Å². The summed E-state index contributed by atoms with van der Waals surface area (Å²) in [5.41, 5.74) is 0.935. The zero-order valence-electron chi connectivity index (χ0n) is 7.34. The van der Waals surface area contributed by atoms with E-state index in [9.17, 15) is 4.79 Å². The zero-order valence-corrected chi connectivity index (χ0v) is 8.93. The van der Waals surface area contributed by atoms with E-state index in [1.54, 1.807) is 0 Å². The van der Waals surface area contributed by atoms with Crippen molar-refractivity contribution in [1.82, 2.24) is 0 Å². The Morgan fingerprint density at radius 3 is 2.85 bits per heavy atom. The van der Waals surface area contributed by atoms with E-state index in [1.807, 2.05) is 31.4 Å². The number of hydrogen-bond donors (Lipinski definition) is 0. The first-order valence-electron chi connectivity index (χ1n) is 4.04. The van der Waals surface area contributed by atoms with Crippen molar-refractivity contribution in [3.63, 3.8) is 0 Å². The molecule has 0 atom stereocenters. The third-order valence-corrected chi connectivity index (χ3v) is 2.19. The molecule has 0 aromatic heterocycles. The summed E-state index contributed by atoms with van der Waals surface area (Å²) in [4.78, 5) is 10.1. The average Bonchev–Trinajstić information content (AvgIpc) is 2.10. The molecule has 1 radical (unpaired) electrons. The summed E-state index contributed by atoms with van der Waals surface area (Å²) in [7, 11) is 0. The number of rotatable bonds is 4. The molecule has 1 rings (SSSR count). The summed E-state index contributed by atoms with van der Waals surface area (Å²) < 4.78 is 6.20. The summed E-state index contributed by atoms with van der Waals surface area (Å²) in [5, 5.41) is 0. The van der Waals surface area contributed by atoms with Crippen molar-refractivity contribution >= 4 is 22.2 Å². The highest BCUT2D eigenvalue weighted by Crippen LogP contribution is 2.25. The molecule has 0 saturated heterocycles. The highest BCUT2D eigenvalue weighted by molar-refractivity contribution is 9.10. The molecular weight excluding hydrogens is 232 g/mol. The molecule has 0 heterocycles. The Hall–Kier alpha value is -0.830. The van der Waals surface area contributed by atoms with E-state index in [4.69, 9.17) is 4.74 Å². The second-order valence-corrected chi connectivity index (χ2v) is 3.37. The molecule has 3 heteroatoms. The molecule has 2 nitrogen and oxygen atoms in total. The predicted octanol–water partition coefficient (Wildman–Crippen LogP) is 2.50. The monoisotopic (exact) mass is 241 g/mol. The average molecular weight is 242 g/mol. The molecule has 0 unspecified atom stereocenters. The Kier molecular flexibility index (Phi) is 3.96. The van der Waals surface area contributed by atoms with Gasteiger partial charge in [-0.2, -0.15) is 0 Å². The number of benzene rings is 1. The minimum Gasteiger partial charge on any atom is -0.493 e. The molecule has 0 aliphatic rings. The van der Waals surface area contributed by atoms with Crippen LogP contribution in [0.1, 0.15) is 12.5 Å². The van der Waals surface area contributed by atoms with E-state index >= 15 is 0 Å². The summed E-state index contributed by atoms with van der Waals surface area (Å²) in [6.07, 6.45) is 2.18. The van der Waals surface area contributed by atoms with Crippen LogP contribution in [-0.2, 0) is 11.2 Å². The largest absolute Gasteiger partial charge is 0.493 e. The highest BCUT2D eigenvalue weighted by atomic mass is 79.9. The fourth-order valence-corrected chi connectivity index (χ4v) is 1.55. The van der Waals surface area contributed by atoms with Crippen LogP contribution in [-0.4, -0.2) is 12.9 Å². The Labute approximate surface area is 86.0 Å². The molecule has 0 bridgehead atoms. The molecular formula is C10H10BrO2. The summed E-state index contributed by atoms with van der Waals surface area (Å²) in [6.45, 7) is 2.57. The lowest BCUT2D eigenvalue weighted by atomic mass is 10.2. The predicted molar refractivity (Wildman–Crippen MR) is 54.7 cm³/mol. The first-order chi connectivity index (χ1) is 6.27.